The number of carbonyl (C=O) groups is 2. The highest BCUT2D eigenvalue weighted by Crippen LogP contribution is 2.26. The first kappa shape index (κ1) is 14.9. The van der Waals surface area contributed by atoms with Crippen LogP contribution in [0.2, 0.25) is 0 Å². The molecule has 0 saturated carbocycles. The maximum Gasteiger partial charge on any atom is 0.307 e. The van der Waals surface area contributed by atoms with Crippen molar-refractivity contribution in [3.05, 3.63) is 29.8 Å². The van der Waals surface area contributed by atoms with Crippen LogP contribution in [0.15, 0.2) is 24.3 Å². The van der Waals surface area contributed by atoms with Crippen molar-refractivity contribution in [3.8, 4) is 0 Å². The van der Waals surface area contributed by atoms with Crippen molar-refractivity contribution >= 4 is 29.3 Å². The lowest BCUT2D eigenvalue weighted by atomic mass is 9.98. The average molecular weight is 293 g/mol. The van der Waals surface area contributed by atoms with Gasteiger partial charge in [0.05, 0.1) is 6.42 Å². The summed E-state index contributed by atoms with van der Waals surface area (Å²) in [5, 5.41) is 11.7. The number of carbonyl (C=O) groups excluding carboxylic acids is 1. The van der Waals surface area contributed by atoms with E-state index in [0.29, 0.717) is 23.6 Å². The summed E-state index contributed by atoms with van der Waals surface area (Å²) < 4.78 is 0. The van der Waals surface area contributed by atoms with E-state index in [-0.39, 0.29) is 12.3 Å². The molecule has 0 radical (unpaired) electrons. The molecule has 0 bridgehead atoms. The quantitative estimate of drug-likeness (QED) is 0.876. The summed E-state index contributed by atoms with van der Waals surface area (Å²) in [4.78, 5) is 22.9. The molecule has 108 valence electrons. The van der Waals surface area contributed by atoms with E-state index in [1.54, 1.807) is 24.3 Å². The highest BCUT2D eigenvalue weighted by atomic mass is 32.2. The number of carboxylic acids is 1. The zero-order valence-electron chi connectivity index (χ0n) is 11.3. The highest BCUT2D eigenvalue weighted by molar-refractivity contribution is 7.99. The van der Waals surface area contributed by atoms with Crippen molar-refractivity contribution in [1.82, 2.24) is 0 Å². The molecular formula is C15H19NO3S. The summed E-state index contributed by atoms with van der Waals surface area (Å²) in [7, 11) is 0. The van der Waals surface area contributed by atoms with Gasteiger partial charge in [-0.3, -0.25) is 9.59 Å². The van der Waals surface area contributed by atoms with Crippen molar-refractivity contribution < 1.29 is 14.7 Å². The van der Waals surface area contributed by atoms with E-state index in [0.717, 1.165) is 24.3 Å². The Bertz CT molecular complexity index is 484. The van der Waals surface area contributed by atoms with Gasteiger partial charge in [0, 0.05) is 12.1 Å². The standard InChI is InChI=1S/C15H19NO3S/c17-14(9-11-5-7-20-8-6-11)16-13-4-2-1-3-12(13)10-15(18)19/h1-4,11H,5-10H2,(H,16,17)(H,18,19). The predicted molar refractivity (Wildman–Crippen MR) is 81.1 cm³/mol. The largest absolute Gasteiger partial charge is 0.481 e. The van der Waals surface area contributed by atoms with Crippen LogP contribution >= 0.6 is 11.8 Å². The second-order valence-corrected chi connectivity index (χ2v) is 6.26. The van der Waals surface area contributed by atoms with Gasteiger partial charge >= 0.3 is 5.97 Å². The van der Waals surface area contributed by atoms with E-state index in [1.807, 2.05) is 11.8 Å². The Hall–Kier alpha value is -1.49. The average Bonchev–Trinajstić information content (AvgIpc) is 2.41. The van der Waals surface area contributed by atoms with Gasteiger partial charge < -0.3 is 10.4 Å². The summed E-state index contributed by atoms with van der Waals surface area (Å²) in [5.41, 5.74) is 1.26. The summed E-state index contributed by atoms with van der Waals surface area (Å²) >= 11 is 1.94. The number of hydrogen-bond donors (Lipinski definition) is 2. The molecule has 1 aliphatic heterocycles. The van der Waals surface area contributed by atoms with Crippen LogP contribution in [0.5, 0.6) is 0 Å². The fourth-order valence-corrected chi connectivity index (χ4v) is 3.58. The minimum absolute atomic E-state index is 0.0141. The van der Waals surface area contributed by atoms with Crippen LogP contribution in [0.3, 0.4) is 0 Å². The number of nitrogens with one attached hydrogen (secondary N) is 1. The van der Waals surface area contributed by atoms with Gasteiger partial charge in [-0.2, -0.15) is 11.8 Å². The highest BCUT2D eigenvalue weighted by Gasteiger charge is 2.18. The minimum Gasteiger partial charge on any atom is -0.481 e. The van der Waals surface area contributed by atoms with E-state index < -0.39 is 5.97 Å². The lowest BCUT2D eigenvalue weighted by Crippen LogP contribution is -2.20. The van der Waals surface area contributed by atoms with Crippen molar-refractivity contribution in [2.45, 2.75) is 25.7 Å². The molecule has 1 fully saturated rings. The van der Waals surface area contributed by atoms with Gasteiger partial charge in [-0.1, -0.05) is 18.2 Å². The molecule has 2 N–H and O–H groups in total. The van der Waals surface area contributed by atoms with Crippen molar-refractivity contribution in [2.75, 3.05) is 16.8 Å². The van der Waals surface area contributed by atoms with E-state index in [4.69, 9.17) is 5.11 Å². The van der Waals surface area contributed by atoms with Crippen LogP contribution in [0.4, 0.5) is 5.69 Å². The fourth-order valence-electron chi connectivity index (χ4n) is 2.37. The van der Waals surface area contributed by atoms with Crippen LogP contribution in [0.1, 0.15) is 24.8 Å². The number of amides is 1. The van der Waals surface area contributed by atoms with Crippen molar-refractivity contribution in [3.63, 3.8) is 0 Å². The second-order valence-electron chi connectivity index (χ2n) is 5.04. The molecule has 4 nitrogen and oxygen atoms in total. The Balaban J connectivity index is 1.94. The van der Waals surface area contributed by atoms with Crippen LogP contribution in [-0.2, 0) is 16.0 Å². The van der Waals surface area contributed by atoms with E-state index in [9.17, 15) is 9.59 Å². The Morgan fingerprint density at radius 2 is 1.95 bits per heavy atom. The predicted octanol–water partition coefficient (Wildman–Crippen LogP) is 2.79. The molecule has 0 unspecified atom stereocenters. The zero-order chi connectivity index (χ0) is 14.4. The lowest BCUT2D eigenvalue weighted by molar-refractivity contribution is -0.136. The maximum atomic E-state index is 12.1. The number of anilines is 1. The summed E-state index contributed by atoms with van der Waals surface area (Å²) in [6, 6.07) is 7.08. The molecular weight excluding hydrogens is 274 g/mol. The number of carboxylic acid groups (broad SMARTS) is 1. The van der Waals surface area contributed by atoms with E-state index in [2.05, 4.69) is 5.32 Å². The molecule has 2 rings (SSSR count). The Labute approximate surface area is 123 Å². The number of hydrogen-bond acceptors (Lipinski definition) is 3. The second kappa shape index (κ2) is 7.33. The SMILES string of the molecule is O=C(O)Cc1ccccc1NC(=O)CC1CCSCC1. The van der Waals surface area contributed by atoms with Crippen LogP contribution in [-0.4, -0.2) is 28.5 Å². The molecule has 0 aliphatic carbocycles. The smallest absolute Gasteiger partial charge is 0.307 e. The first-order valence-electron chi connectivity index (χ1n) is 6.82. The number of aliphatic carboxylic acids is 1. The monoisotopic (exact) mass is 293 g/mol. The molecule has 1 aromatic carbocycles. The van der Waals surface area contributed by atoms with Gasteiger partial charge in [-0.05, 0) is 41.9 Å². The molecule has 0 atom stereocenters. The first-order valence-corrected chi connectivity index (χ1v) is 7.98. The minimum atomic E-state index is -0.893. The number of rotatable bonds is 5. The number of thioether (sulfide) groups is 1. The van der Waals surface area contributed by atoms with Crippen molar-refractivity contribution in [1.29, 1.82) is 0 Å². The summed E-state index contributed by atoms with van der Waals surface area (Å²) in [6.07, 6.45) is 2.64. The topological polar surface area (TPSA) is 66.4 Å². The van der Waals surface area contributed by atoms with Gasteiger partial charge in [-0.25, -0.2) is 0 Å². The van der Waals surface area contributed by atoms with Crippen LogP contribution < -0.4 is 5.32 Å². The third kappa shape index (κ3) is 4.56. The van der Waals surface area contributed by atoms with E-state index >= 15 is 0 Å². The molecule has 1 aromatic rings. The van der Waals surface area contributed by atoms with Gasteiger partial charge in [-0.15, -0.1) is 0 Å². The van der Waals surface area contributed by atoms with Gasteiger partial charge in [0.15, 0.2) is 0 Å². The van der Waals surface area contributed by atoms with Crippen LogP contribution in [0, 0.1) is 5.92 Å². The van der Waals surface area contributed by atoms with Gasteiger partial charge in [0.2, 0.25) is 5.91 Å². The summed E-state index contributed by atoms with van der Waals surface area (Å²) in [5.74, 6) is 1.82. The molecule has 1 heterocycles. The normalized spacial score (nSPS) is 15.8. The molecule has 1 amide bonds. The third-order valence-electron chi connectivity index (χ3n) is 3.45. The molecule has 20 heavy (non-hydrogen) atoms. The fraction of sp³-hybridized carbons (Fsp3) is 0.467. The Kier molecular flexibility index (Phi) is 5.47. The molecule has 1 saturated heterocycles. The number of benzene rings is 1. The van der Waals surface area contributed by atoms with Crippen molar-refractivity contribution in [2.24, 2.45) is 5.92 Å². The zero-order valence-corrected chi connectivity index (χ0v) is 12.1. The number of para-hydroxylation sites is 1. The first-order chi connectivity index (χ1) is 9.65. The molecule has 0 spiro atoms. The molecule has 0 aromatic heterocycles. The van der Waals surface area contributed by atoms with Gasteiger partial charge in [0.1, 0.15) is 0 Å². The van der Waals surface area contributed by atoms with Gasteiger partial charge in [0.25, 0.3) is 0 Å². The maximum absolute atomic E-state index is 12.1. The summed E-state index contributed by atoms with van der Waals surface area (Å²) in [6.45, 7) is 0. The molecule has 1 aliphatic rings. The van der Waals surface area contributed by atoms with E-state index in [1.165, 1.54) is 0 Å². The Morgan fingerprint density at radius 1 is 1.25 bits per heavy atom. The molecule has 5 heteroatoms. The Morgan fingerprint density at radius 3 is 2.65 bits per heavy atom. The van der Waals surface area contributed by atoms with Crippen LogP contribution in [0.25, 0.3) is 0 Å². The third-order valence-corrected chi connectivity index (χ3v) is 4.50. The lowest BCUT2D eigenvalue weighted by Gasteiger charge is -2.21.